The van der Waals surface area contributed by atoms with E-state index in [1.807, 2.05) is 48.5 Å². The number of benzene rings is 2. The summed E-state index contributed by atoms with van der Waals surface area (Å²) in [5.74, 6) is 1.63. The Morgan fingerprint density at radius 1 is 1.04 bits per heavy atom. The van der Waals surface area contributed by atoms with Gasteiger partial charge in [-0.2, -0.15) is 0 Å². The van der Waals surface area contributed by atoms with Crippen LogP contribution in [0.4, 0.5) is 0 Å². The van der Waals surface area contributed by atoms with Crippen molar-refractivity contribution in [2.45, 2.75) is 45.6 Å². The number of aromatic nitrogens is 2. The molecule has 1 fully saturated rings. The molecule has 1 heterocycles. The fourth-order valence-electron chi connectivity index (χ4n) is 3.99. The van der Waals surface area contributed by atoms with Crippen LogP contribution in [0, 0.1) is 12.8 Å². The molecule has 0 bridgehead atoms. The van der Waals surface area contributed by atoms with Crippen LogP contribution in [0.1, 0.15) is 48.9 Å². The van der Waals surface area contributed by atoms with Crippen molar-refractivity contribution in [1.29, 1.82) is 0 Å². The van der Waals surface area contributed by atoms with E-state index in [2.05, 4.69) is 22.4 Å². The Bertz CT molecular complexity index is 956. The second kappa shape index (κ2) is 7.97. The Morgan fingerprint density at radius 3 is 2.36 bits per heavy atom. The van der Waals surface area contributed by atoms with Gasteiger partial charge in [0.15, 0.2) is 0 Å². The van der Waals surface area contributed by atoms with Crippen LogP contribution in [-0.4, -0.2) is 22.1 Å². The number of hydrogen-bond donors (Lipinski definition) is 1. The first-order chi connectivity index (χ1) is 13.6. The van der Waals surface area contributed by atoms with E-state index in [9.17, 15) is 4.79 Å². The zero-order valence-electron chi connectivity index (χ0n) is 16.3. The average Bonchev–Trinajstić information content (AvgIpc) is 3.40. The van der Waals surface area contributed by atoms with Gasteiger partial charge in [0.1, 0.15) is 0 Å². The molecule has 1 aromatic heterocycles. The predicted octanol–water partition coefficient (Wildman–Crippen LogP) is 5.02. The lowest BCUT2D eigenvalue weighted by Crippen LogP contribution is -2.37. The van der Waals surface area contributed by atoms with Crippen LogP contribution in [0.3, 0.4) is 0 Å². The van der Waals surface area contributed by atoms with E-state index in [-0.39, 0.29) is 11.9 Å². The minimum absolute atomic E-state index is 0.00763. The molecule has 144 valence electrons. The van der Waals surface area contributed by atoms with Crippen LogP contribution in [0.25, 0.3) is 22.6 Å². The Labute approximate surface area is 165 Å². The van der Waals surface area contributed by atoms with Gasteiger partial charge in [-0.1, -0.05) is 43.2 Å². The lowest BCUT2D eigenvalue weighted by atomic mass is 9.97. The van der Waals surface area contributed by atoms with Crippen molar-refractivity contribution in [3.8, 4) is 22.6 Å². The number of nitrogens with zero attached hydrogens (tertiary/aromatic N) is 2. The second-order valence-electron chi connectivity index (χ2n) is 7.56. The van der Waals surface area contributed by atoms with E-state index in [1.54, 1.807) is 6.92 Å². The Morgan fingerprint density at radius 2 is 1.71 bits per heavy atom. The number of rotatable bonds is 5. The molecular formula is C23H25N3O2. The van der Waals surface area contributed by atoms with E-state index in [4.69, 9.17) is 4.42 Å². The molecule has 1 N–H and O–H groups in total. The third kappa shape index (κ3) is 3.84. The van der Waals surface area contributed by atoms with Gasteiger partial charge in [0.05, 0.1) is 0 Å². The van der Waals surface area contributed by atoms with E-state index in [0.29, 0.717) is 23.3 Å². The van der Waals surface area contributed by atoms with Gasteiger partial charge in [-0.25, -0.2) is 0 Å². The Kier molecular flexibility index (Phi) is 5.24. The Hall–Kier alpha value is -2.95. The normalized spacial score (nSPS) is 15.5. The highest BCUT2D eigenvalue weighted by molar-refractivity contribution is 5.95. The molecule has 1 atom stereocenters. The molecule has 5 nitrogen and oxygen atoms in total. The van der Waals surface area contributed by atoms with Crippen LogP contribution < -0.4 is 5.32 Å². The molecule has 1 aliphatic rings. The molecule has 2 aromatic carbocycles. The van der Waals surface area contributed by atoms with Crippen LogP contribution in [0.15, 0.2) is 52.9 Å². The highest BCUT2D eigenvalue weighted by atomic mass is 16.4. The summed E-state index contributed by atoms with van der Waals surface area (Å²) in [6.07, 6.45) is 4.98. The van der Waals surface area contributed by atoms with Crippen molar-refractivity contribution in [2.75, 3.05) is 0 Å². The third-order valence-corrected chi connectivity index (χ3v) is 5.61. The first kappa shape index (κ1) is 18.4. The number of carbonyl (C=O) groups is 1. The zero-order valence-corrected chi connectivity index (χ0v) is 16.3. The van der Waals surface area contributed by atoms with Crippen molar-refractivity contribution in [2.24, 2.45) is 5.92 Å². The molecule has 4 rings (SSSR count). The highest BCUT2D eigenvalue weighted by Gasteiger charge is 2.23. The summed E-state index contributed by atoms with van der Waals surface area (Å²) in [4.78, 5) is 12.6. The SMILES string of the molecule is Cc1nnc(-c2ccccc2-c2ccc(C(=O)NC(C)C3CCCC3)cc2)o1. The lowest BCUT2D eigenvalue weighted by Gasteiger charge is -2.20. The van der Waals surface area contributed by atoms with Crippen molar-refractivity contribution < 1.29 is 9.21 Å². The molecule has 0 saturated heterocycles. The summed E-state index contributed by atoms with van der Waals surface area (Å²) in [7, 11) is 0. The van der Waals surface area contributed by atoms with E-state index >= 15 is 0 Å². The van der Waals surface area contributed by atoms with Gasteiger partial charge in [0.2, 0.25) is 11.8 Å². The first-order valence-electron chi connectivity index (χ1n) is 9.92. The molecule has 5 heteroatoms. The van der Waals surface area contributed by atoms with Gasteiger partial charge in [-0.3, -0.25) is 4.79 Å². The molecule has 28 heavy (non-hydrogen) atoms. The van der Waals surface area contributed by atoms with E-state index in [1.165, 1.54) is 25.7 Å². The van der Waals surface area contributed by atoms with Gasteiger partial charge < -0.3 is 9.73 Å². The summed E-state index contributed by atoms with van der Waals surface area (Å²) in [6.45, 7) is 3.89. The summed E-state index contributed by atoms with van der Waals surface area (Å²) in [5, 5.41) is 11.2. The molecule has 1 saturated carbocycles. The molecule has 0 spiro atoms. The second-order valence-corrected chi connectivity index (χ2v) is 7.56. The van der Waals surface area contributed by atoms with Crippen LogP contribution in [-0.2, 0) is 0 Å². The largest absolute Gasteiger partial charge is 0.421 e. The van der Waals surface area contributed by atoms with E-state index in [0.717, 1.165) is 16.7 Å². The minimum atomic E-state index is -0.00763. The first-order valence-corrected chi connectivity index (χ1v) is 9.92. The fourth-order valence-corrected chi connectivity index (χ4v) is 3.99. The highest BCUT2D eigenvalue weighted by Crippen LogP contribution is 2.31. The van der Waals surface area contributed by atoms with Gasteiger partial charge >= 0.3 is 0 Å². The predicted molar refractivity (Wildman–Crippen MR) is 109 cm³/mol. The maximum atomic E-state index is 12.6. The molecule has 1 amide bonds. The standard InChI is InChI=1S/C23H25N3O2/c1-15(17-7-3-4-8-17)24-22(27)19-13-11-18(12-14-19)20-9-5-6-10-21(20)23-26-25-16(2)28-23/h5-6,9-15,17H,3-4,7-8H2,1-2H3,(H,24,27). The quantitative estimate of drug-likeness (QED) is 0.680. The number of aryl methyl sites for hydroxylation is 1. The van der Waals surface area contributed by atoms with E-state index < -0.39 is 0 Å². The number of hydrogen-bond acceptors (Lipinski definition) is 4. The van der Waals surface area contributed by atoms with Crippen LogP contribution >= 0.6 is 0 Å². The molecule has 0 radical (unpaired) electrons. The average molecular weight is 375 g/mol. The van der Waals surface area contributed by atoms with Crippen molar-refractivity contribution in [3.05, 3.63) is 60.0 Å². The number of nitrogens with one attached hydrogen (secondary N) is 1. The van der Waals surface area contributed by atoms with Gasteiger partial charge in [0.25, 0.3) is 5.91 Å². The summed E-state index contributed by atoms with van der Waals surface area (Å²) >= 11 is 0. The number of amides is 1. The monoisotopic (exact) mass is 375 g/mol. The molecule has 1 unspecified atom stereocenters. The van der Waals surface area contributed by atoms with Crippen LogP contribution in [0.5, 0.6) is 0 Å². The van der Waals surface area contributed by atoms with Crippen LogP contribution in [0.2, 0.25) is 0 Å². The Balaban J connectivity index is 1.53. The smallest absolute Gasteiger partial charge is 0.251 e. The summed E-state index contributed by atoms with van der Waals surface area (Å²) in [5.41, 5.74) is 3.57. The molecule has 0 aliphatic heterocycles. The van der Waals surface area contributed by atoms with Gasteiger partial charge in [0, 0.05) is 24.1 Å². The van der Waals surface area contributed by atoms with Crippen molar-refractivity contribution in [1.82, 2.24) is 15.5 Å². The topological polar surface area (TPSA) is 68.0 Å². The fraction of sp³-hybridized carbons (Fsp3) is 0.348. The molecular weight excluding hydrogens is 350 g/mol. The third-order valence-electron chi connectivity index (χ3n) is 5.61. The maximum absolute atomic E-state index is 12.6. The van der Waals surface area contributed by atoms with Crippen molar-refractivity contribution in [3.63, 3.8) is 0 Å². The number of carbonyl (C=O) groups excluding carboxylic acids is 1. The van der Waals surface area contributed by atoms with Gasteiger partial charge in [-0.05, 0) is 55.0 Å². The van der Waals surface area contributed by atoms with Crippen molar-refractivity contribution >= 4 is 5.91 Å². The summed E-state index contributed by atoms with van der Waals surface area (Å²) < 4.78 is 5.60. The minimum Gasteiger partial charge on any atom is -0.421 e. The maximum Gasteiger partial charge on any atom is 0.251 e. The van der Waals surface area contributed by atoms with Gasteiger partial charge in [-0.15, -0.1) is 10.2 Å². The lowest BCUT2D eigenvalue weighted by molar-refractivity contribution is 0.0927. The summed E-state index contributed by atoms with van der Waals surface area (Å²) in [6, 6.07) is 15.8. The molecule has 1 aliphatic carbocycles. The molecule has 3 aromatic rings. The zero-order chi connectivity index (χ0) is 19.5.